The smallest absolute Gasteiger partial charge is 0.243 e. The fourth-order valence-corrected chi connectivity index (χ4v) is 5.15. The molecule has 2 atom stereocenters. The lowest BCUT2D eigenvalue weighted by Crippen LogP contribution is -2.47. The summed E-state index contributed by atoms with van der Waals surface area (Å²) in [7, 11) is -1.66. The lowest BCUT2D eigenvalue weighted by Gasteiger charge is -2.37. The van der Waals surface area contributed by atoms with E-state index in [0.29, 0.717) is 16.5 Å². The summed E-state index contributed by atoms with van der Waals surface area (Å²) in [5.41, 5.74) is 0.803. The van der Waals surface area contributed by atoms with Crippen LogP contribution in [-0.4, -0.2) is 31.9 Å². The van der Waals surface area contributed by atoms with E-state index < -0.39 is 10.0 Å². The Balaban J connectivity index is 2.41. The molecule has 1 aromatic rings. The van der Waals surface area contributed by atoms with Crippen molar-refractivity contribution in [1.82, 2.24) is 9.62 Å². The molecule has 1 aromatic carbocycles. The van der Waals surface area contributed by atoms with Crippen LogP contribution in [0.25, 0.3) is 0 Å². The van der Waals surface area contributed by atoms with Crippen LogP contribution in [0.15, 0.2) is 23.1 Å². The maximum Gasteiger partial charge on any atom is 0.243 e. The van der Waals surface area contributed by atoms with Crippen molar-refractivity contribution in [3.63, 3.8) is 0 Å². The van der Waals surface area contributed by atoms with Crippen molar-refractivity contribution in [2.75, 3.05) is 7.05 Å². The van der Waals surface area contributed by atoms with Gasteiger partial charge in [-0.2, -0.15) is 4.31 Å². The molecule has 0 bridgehead atoms. The molecule has 0 radical (unpaired) electrons. The Kier molecular flexibility index (Phi) is 5.30. The molecule has 21 heavy (non-hydrogen) atoms. The fraction of sp³-hybridized carbons (Fsp3) is 0.600. The first-order valence-corrected chi connectivity index (χ1v) is 9.16. The molecule has 0 spiro atoms. The minimum atomic E-state index is -3.47. The van der Waals surface area contributed by atoms with Crippen molar-refractivity contribution < 1.29 is 8.42 Å². The maximum absolute atomic E-state index is 12.9. The van der Waals surface area contributed by atoms with Gasteiger partial charge in [0, 0.05) is 23.7 Å². The standard InChI is InChI=1S/C15H23ClN2O2S/c1-11-5-4-6-12(2)18(11)21(19,20)14-7-8-15(16)13(9-14)10-17-3/h7-9,11-12,17H,4-6,10H2,1-3H3/t11-,12+. The van der Waals surface area contributed by atoms with Gasteiger partial charge >= 0.3 is 0 Å². The average Bonchev–Trinajstić information content (AvgIpc) is 2.41. The number of nitrogens with one attached hydrogen (secondary N) is 1. The summed E-state index contributed by atoms with van der Waals surface area (Å²) in [5.74, 6) is 0. The van der Waals surface area contributed by atoms with Gasteiger partial charge in [-0.1, -0.05) is 18.0 Å². The summed E-state index contributed by atoms with van der Waals surface area (Å²) >= 11 is 6.12. The second kappa shape index (κ2) is 6.65. The number of hydrogen-bond donors (Lipinski definition) is 1. The molecule has 0 aromatic heterocycles. The third kappa shape index (κ3) is 3.42. The molecular formula is C15H23ClN2O2S. The Morgan fingerprint density at radius 2 is 1.90 bits per heavy atom. The lowest BCUT2D eigenvalue weighted by molar-refractivity contribution is 0.204. The van der Waals surface area contributed by atoms with Gasteiger partial charge in [-0.05, 0) is 57.5 Å². The predicted octanol–water partition coefficient (Wildman–Crippen LogP) is 3.01. The lowest BCUT2D eigenvalue weighted by atomic mass is 10.0. The van der Waals surface area contributed by atoms with Crippen molar-refractivity contribution in [3.05, 3.63) is 28.8 Å². The van der Waals surface area contributed by atoms with Crippen molar-refractivity contribution in [2.24, 2.45) is 0 Å². The van der Waals surface area contributed by atoms with E-state index in [2.05, 4.69) is 5.32 Å². The van der Waals surface area contributed by atoms with E-state index in [1.807, 2.05) is 20.9 Å². The van der Waals surface area contributed by atoms with E-state index in [1.165, 1.54) is 0 Å². The van der Waals surface area contributed by atoms with Gasteiger partial charge in [0.25, 0.3) is 0 Å². The monoisotopic (exact) mass is 330 g/mol. The Morgan fingerprint density at radius 1 is 1.29 bits per heavy atom. The number of halogens is 1. The molecule has 1 heterocycles. The number of nitrogens with zero attached hydrogens (tertiary/aromatic N) is 1. The van der Waals surface area contributed by atoms with Gasteiger partial charge in [0.2, 0.25) is 10.0 Å². The van der Waals surface area contributed by atoms with Crippen LogP contribution < -0.4 is 5.32 Å². The first-order valence-electron chi connectivity index (χ1n) is 7.34. The van der Waals surface area contributed by atoms with E-state index in [0.717, 1.165) is 24.8 Å². The zero-order valence-electron chi connectivity index (χ0n) is 12.8. The topological polar surface area (TPSA) is 49.4 Å². The van der Waals surface area contributed by atoms with Gasteiger partial charge in [-0.15, -0.1) is 0 Å². The number of sulfonamides is 1. The van der Waals surface area contributed by atoms with Gasteiger partial charge in [0.15, 0.2) is 0 Å². The van der Waals surface area contributed by atoms with Gasteiger partial charge in [-0.3, -0.25) is 0 Å². The minimum absolute atomic E-state index is 0.0437. The zero-order valence-corrected chi connectivity index (χ0v) is 14.3. The van der Waals surface area contributed by atoms with Crippen LogP contribution in [0.2, 0.25) is 5.02 Å². The first-order chi connectivity index (χ1) is 9.87. The largest absolute Gasteiger partial charge is 0.316 e. The summed E-state index contributed by atoms with van der Waals surface area (Å²) in [5, 5.41) is 3.59. The third-order valence-electron chi connectivity index (χ3n) is 4.07. The minimum Gasteiger partial charge on any atom is -0.316 e. The van der Waals surface area contributed by atoms with Crippen LogP contribution in [0.3, 0.4) is 0 Å². The molecule has 0 unspecified atom stereocenters. The summed E-state index contributed by atoms with van der Waals surface area (Å²) in [6, 6.07) is 5.04. The molecule has 118 valence electrons. The predicted molar refractivity (Wildman–Crippen MR) is 86.0 cm³/mol. The zero-order chi connectivity index (χ0) is 15.6. The molecule has 4 nitrogen and oxygen atoms in total. The van der Waals surface area contributed by atoms with Crippen LogP contribution in [0.5, 0.6) is 0 Å². The van der Waals surface area contributed by atoms with Gasteiger partial charge < -0.3 is 5.32 Å². The van der Waals surface area contributed by atoms with Gasteiger partial charge in [0.1, 0.15) is 0 Å². The molecule has 0 aliphatic carbocycles. The molecular weight excluding hydrogens is 308 g/mol. The van der Waals surface area contributed by atoms with Crippen molar-refractivity contribution >= 4 is 21.6 Å². The Morgan fingerprint density at radius 3 is 2.48 bits per heavy atom. The summed E-state index contributed by atoms with van der Waals surface area (Å²) in [6.45, 7) is 4.52. The van der Waals surface area contributed by atoms with Crippen molar-refractivity contribution in [2.45, 2.75) is 56.6 Å². The van der Waals surface area contributed by atoms with Gasteiger partial charge in [0.05, 0.1) is 4.90 Å². The summed E-state index contributed by atoms with van der Waals surface area (Å²) in [6.07, 6.45) is 2.92. The van der Waals surface area contributed by atoms with E-state index >= 15 is 0 Å². The van der Waals surface area contributed by atoms with E-state index in [-0.39, 0.29) is 12.1 Å². The highest BCUT2D eigenvalue weighted by Crippen LogP contribution is 2.30. The number of piperidine rings is 1. The van der Waals surface area contributed by atoms with Crippen LogP contribution in [-0.2, 0) is 16.6 Å². The third-order valence-corrected chi connectivity index (χ3v) is 6.57. The van der Waals surface area contributed by atoms with Crippen LogP contribution >= 0.6 is 11.6 Å². The quantitative estimate of drug-likeness (QED) is 0.923. The van der Waals surface area contributed by atoms with Crippen LogP contribution in [0, 0.1) is 0 Å². The van der Waals surface area contributed by atoms with E-state index in [9.17, 15) is 8.42 Å². The van der Waals surface area contributed by atoms with Crippen molar-refractivity contribution in [1.29, 1.82) is 0 Å². The Bertz CT molecular complexity index is 594. The maximum atomic E-state index is 12.9. The Hall–Kier alpha value is -0.620. The summed E-state index contributed by atoms with van der Waals surface area (Å²) in [4.78, 5) is 0.331. The van der Waals surface area contributed by atoms with E-state index in [1.54, 1.807) is 22.5 Å². The molecule has 1 N–H and O–H groups in total. The normalized spacial score (nSPS) is 24.2. The molecule has 1 fully saturated rings. The first kappa shape index (κ1) is 16.7. The summed E-state index contributed by atoms with van der Waals surface area (Å²) < 4.78 is 27.5. The van der Waals surface area contributed by atoms with Crippen molar-refractivity contribution in [3.8, 4) is 0 Å². The molecule has 0 saturated carbocycles. The Labute approximate surface area is 132 Å². The number of benzene rings is 1. The highest BCUT2D eigenvalue weighted by Gasteiger charge is 2.35. The molecule has 1 aliphatic rings. The SMILES string of the molecule is CNCc1cc(S(=O)(=O)N2[C@H](C)CCC[C@@H]2C)ccc1Cl. The van der Waals surface area contributed by atoms with Crippen LogP contribution in [0.4, 0.5) is 0 Å². The van der Waals surface area contributed by atoms with E-state index in [4.69, 9.17) is 11.6 Å². The second-order valence-corrected chi connectivity index (χ2v) is 8.00. The highest BCUT2D eigenvalue weighted by atomic mass is 35.5. The molecule has 1 saturated heterocycles. The highest BCUT2D eigenvalue weighted by molar-refractivity contribution is 7.89. The second-order valence-electron chi connectivity index (χ2n) is 5.75. The molecule has 1 aliphatic heterocycles. The molecule has 6 heteroatoms. The molecule has 0 amide bonds. The average molecular weight is 331 g/mol. The number of hydrogen-bond acceptors (Lipinski definition) is 3. The molecule has 2 rings (SSSR count). The number of rotatable bonds is 4. The van der Waals surface area contributed by atoms with Crippen LogP contribution in [0.1, 0.15) is 38.7 Å². The fourth-order valence-electron chi connectivity index (χ4n) is 3.03. The van der Waals surface area contributed by atoms with Gasteiger partial charge in [-0.25, -0.2) is 8.42 Å².